The van der Waals surface area contributed by atoms with E-state index in [4.69, 9.17) is 9.26 Å². The molecule has 0 aliphatic rings. The Balaban J connectivity index is 1.73. The Labute approximate surface area is 241 Å². The van der Waals surface area contributed by atoms with Gasteiger partial charge in [0.15, 0.2) is 5.82 Å². The molecule has 0 bridgehead atoms. The van der Waals surface area contributed by atoms with Crippen LogP contribution in [0.1, 0.15) is 74.6 Å². The van der Waals surface area contributed by atoms with E-state index in [9.17, 15) is 13.5 Å². The topological polar surface area (TPSA) is 145 Å². The van der Waals surface area contributed by atoms with Gasteiger partial charge in [0.2, 0.25) is 5.88 Å². The second kappa shape index (κ2) is 12.5. The van der Waals surface area contributed by atoms with Gasteiger partial charge in [-0.2, -0.15) is 5.10 Å². The number of aryl methyl sites for hydroxylation is 2. The molecular weight excluding hydrogens is 544 g/mol. The first-order chi connectivity index (χ1) is 19.4. The fourth-order valence-corrected chi connectivity index (χ4v) is 5.48. The average molecular weight is 583 g/mol. The highest BCUT2D eigenvalue weighted by Gasteiger charge is 2.26. The minimum absolute atomic E-state index is 0.00639. The van der Waals surface area contributed by atoms with Gasteiger partial charge < -0.3 is 14.4 Å². The first-order valence-corrected chi connectivity index (χ1v) is 15.2. The lowest BCUT2D eigenvalue weighted by atomic mass is 10.0. The van der Waals surface area contributed by atoms with E-state index >= 15 is 0 Å². The number of rotatable bonds is 13. The molecule has 3 aromatic heterocycles. The van der Waals surface area contributed by atoms with Gasteiger partial charge in [0.25, 0.3) is 10.0 Å². The second-order valence-corrected chi connectivity index (χ2v) is 12.1. The molecule has 0 fully saturated rings. The molecule has 220 valence electrons. The predicted molar refractivity (Wildman–Crippen MR) is 155 cm³/mol. The standard InChI is InChI=1S/C29H38N6O5S/c1-7-9-12-25-31-28(29(5,6)36)32-35(25)17-21-13-14-23(22(16-21)18-39-8-2)26-24(11-10-15-30-26)41(37,38)34-27-19(3)20(4)33-40-27/h10-11,13-16,34,36H,7-9,12,17-18H2,1-6H3. The van der Waals surface area contributed by atoms with E-state index in [1.807, 2.05) is 29.8 Å². The molecular formula is C29H38N6O5S. The van der Waals surface area contributed by atoms with Crippen LogP contribution in [0.3, 0.4) is 0 Å². The molecule has 0 spiro atoms. The quantitative estimate of drug-likeness (QED) is 0.225. The maximum atomic E-state index is 13.5. The van der Waals surface area contributed by atoms with Crippen molar-refractivity contribution in [2.24, 2.45) is 0 Å². The maximum absolute atomic E-state index is 13.5. The Morgan fingerprint density at radius 2 is 1.95 bits per heavy atom. The summed E-state index contributed by atoms with van der Waals surface area (Å²) in [5, 5.41) is 18.9. The first-order valence-electron chi connectivity index (χ1n) is 13.7. The molecule has 0 amide bonds. The molecule has 11 nitrogen and oxygen atoms in total. The number of hydrogen-bond acceptors (Lipinski definition) is 9. The monoisotopic (exact) mass is 582 g/mol. The van der Waals surface area contributed by atoms with Crippen LogP contribution in [-0.2, 0) is 39.9 Å². The van der Waals surface area contributed by atoms with Crippen LogP contribution in [0.15, 0.2) is 45.9 Å². The van der Waals surface area contributed by atoms with Crippen molar-refractivity contribution in [2.75, 3.05) is 11.3 Å². The number of unbranched alkanes of at least 4 members (excludes halogenated alkanes) is 1. The number of benzene rings is 1. The second-order valence-electron chi connectivity index (χ2n) is 10.5. The maximum Gasteiger partial charge on any atom is 0.266 e. The van der Waals surface area contributed by atoms with Crippen molar-refractivity contribution >= 4 is 15.9 Å². The van der Waals surface area contributed by atoms with Crippen LogP contribution in [-0.4, -0.2) is 45.0 Å². The Kier molecular flexibility index (Phi) is 9.25. The summed E-state index contributed by atoms with van der Waals surface area (Å²) in [6.07, 6.45) is 4.27. The highest BCUT2D eigenvalue weighted by atomic mass is 32.2. The molecule has 0 unspecified atom stereocenters. The molecule has 3 heterocycles. The van der Waals surface area contributed by atoms with Gasteiger partial charge in [-0.1, -0.05) is 36.7 Å². The Hall–Kier alpha value is -3.61. The largest absolute Gasteiger partial charge is 0.382 e. The summed E-state index contributed by atoms with van der Waals surface area (Å²) in [6, 6.07) is 8.84. The van der Waals surface area contributed by atoms with Gasteiger partial charge in [-0.25, -0.2) is 22.8 Å². The molecule has 0 aliphatic heterocycles. The van der Waals surface area contributed by atoms with Gasteiger partial charge in [-0.15, -0.1) is 0 Å². The highest BCUT2D eigenvalue weighted by Crippen LogP contribution is 2.32. The lowest BCUT2D eigenvalue weighted by Gasteiger charge is -2.16. The van der Waals surface area contributed by atoms with E-state index in [0.29, 0.717) is 41.5 Å². The Morgan fingerprint density at radius 3 is 2.61 bits per heavy atom. The van der Waals surface area contributed by atoms with Crippen molar-refractivity contribution in [1.82, 2.24) is 24.9 Å². The van der Waals surface area contributed by atoms with Crippen LogP contribution in [0.4, 0.5) is 5.88 Å². The minimum atomic E-state index is -4.06. The van der Waals surface area contributed by atoms with Crippen LogP contribution in [0, 0.1) is 13.8 Å². The average Bonchev–Trinajstić information content (AvgIpc) is 3.48. The number of aliphatic hydroxyl groups is 1. The summed E-state index contributed by atoms with van der Waals surface area (Å²) in [4.78, 5) is 9.09. The number of sulfonamides is 1. The van der Waals surface area contributed by atoms with Crippen LogP contribution in [0.2, 0.25) is 0 Å². The van der Waals surface area contributed by atoms with Crippen molar-refractivity contribution in [3.8, 4) is 11.3 Å². The molecule has 41 heavy (non-hydrogen) atoms. The third-order valence-electron chi connectivity index (χ3n) is 6.71. The molecule has 0 aliphatic carbocycles. The lowest BCUT2D eigenvalue weighted by molar-refractivity contribution is 0.0685. The molecule has 4 aromatic rings. The summed E-state index contributed by atoms with van der Waals surface area (Å²) in [5.74, 6) is 1.25. The third-order valence-corrected chi connectivity index (χ3v) is 8.08. The smallest absolute Gasteiger partial charge is 0.266 e. The summed E-state index contributed by atoms with van der Waals surface area (Å²) < 4.78 is 42.3. The van der Waals surface area contributed by atoms with Crippen LogP contribution in [0.25, 0.3) is 11.3 Å². The van der Waals surface area contributed by atoms with E-state index in [-0.39, 0.29) is 17.4 Å². The minimum Gasteiger partial charge on any atom is -0.382 e. The normalized spacial score (nSPS) is 12.2. The van der Waals surface area contributed by atoms with E-state index in [1.54, 1.807) is 40.0 Å². The summed E-state index contributed by atoms with van der Waals surface area (Å²) in [5.41, 5.74) is 2.69. The first kappa shape index (κ1) is 30.4. The zero-order valence-electron chi connectivity index (χ0n) is 24.4. The summed E-state index contributed by atoms with van der Waals surface area (Å²) in [7, 11) is -4.06. The van der Waals surface area contributed by atoms with Gasteiger partial charge in [-0.3, -0.25) is 4.98 Å². The fourth-order valence-electron chi connectivity index (χ4n) is 4.26. The van der Waals surface area contributed by atoms with Gasteiger partial charge in [0.1, 0.15) is 16.3 Å². The molecule has 1 aromatic carbocycles. The molecule has 0 saturated heterocycles. The summed E-state index contributed by atoms with van der Waals surface area (Å²) in [6.45, 7) is 12.0. The number of nitrogens with one attached hydrogen (secondary N) is 1. The number of hydrogen-bond donors (Lipinski definition) is 2. The Bertz CT molecular complexity index is 1600. The predicted octanol–water partition coefficient (Wildman–Crippen LogP) is 4.90. The molecule has 0 radical (unpaired) electrons. The Morgan fingerprint density at radius 1 is 1.17 bits per heavy atom. The molecule has 4 rings (SSSR count). The van der Waals surface area contributed by atoms with Gasteiger partial charge in [-0.05, 0) is 64.3 Å². The number of nitrogens with zero attached hydrogens (tertiary/aromatic N) is 5. The zero-order valence-corrected chi connectivity index (χ0v) is 25.2. The molecule has 2 N–H and O–H groups in total. The van der Waals surface area contributed by atoms with E-state index in [1.165, 1.54) is 6.07 Å². The van der Waals surface area contributed by atoms with Crippen molar-refractivity contribution in [3.05, 3.63) is 70.6 Å². The van der Waals surface area contributed by atoms with E-state index < -0.39 is 15.6 Å². The van der Waals surface area contributed by atoms with Gasteiger partial charge in [0.05, 0.1) is 24.5 Å². The van der Waals surface area contributed by atoms with E-state index in [0.717, 1.165) is 36.2 Å². The molecule has 12 heteroatoms. The highest BCUT2D eigenvalue weighted by molar-refractivity contribution is 7.92. The SMILES string of the molecule is CCCCc1nc(C(C)(C)O)nn1Cc1ccc(-c2ncccc2S(=O)(=O)Nc2onc(C)c2C)c(COCC)c1. The molecule has 0 atom stereocenters. The van der Waals surface area contributed by atoms with Crippen molar-refractivity contribution in [3.63, 3.8) is 0 Å². The van der Waals surface area contributed by atoms with Gasteiger partial charge >= 0.3 is 0 Å². The summed E-state index contributed by atoms with van der Waals surface area (Å²) >= 11 is 0. The lowest BCUT2D eigenvalue weighted by Crippen LogP contribution is -2.18. The number of ether oxygens (including phenoxy) is 1. The van der Waals surface area contributed by atoms with Crippen molar-refractivity contribution in [1.29, 1.82) is 0 Å². The third kappa shape index (κ3) is 7.00. The number of aromatic nitrogens is 5. The number of pyridine rings is 1. The van der Waals surface area contributed by atoms with Crippen LogP contribution >= 0.6 is 0 Å². The van der Waals surface area contributed by atoms with E-state index in [2.05, 4.69) is 31.9 Å². The van der Waals surface area contributed by atoms with Crippen molar-refractivity contribution < 1.29 is 22.8 Å². The fraction of sp³-hybridized carbons (Fsp3) is 0.448. The van der Waals surface area contributed by atoms with Crippen LogP contribution < -0.4 is 4.72 Å². The van der Waals surface area contributed by atoms with Crippen LogP contribution in [0.5, 0.6) is 0 Å². The van der Waals surface area contributed by atoms with Crippen molar-refractivity contribution in [2.45, 2.75) is 84.5 Å². The molecule has 0 saturated carbocycles. The number of anilines is 1. The van der Waals surface area contributed by atoms with Gasteiger partial charge in [0, 0.05) is 30.4 Å². The zero-order chi connectivity index (χ0) is 29.8.